The van der Waals surface area contributed by atoms with Crippen LogP contribution in [0.1, 0.15) is 51.9 Å². The third-order valence-electron chi connectivity index (χ3n) is 6.51. The van der Waals surface area contributed by atoms with Crippen molar-refractivity contribution in [2.75, 3.05) is 12.9 Å². The summed E-state index contributed by atoms with van der Waals surface area (Å²) in [6.07, 6.45) is 3.48. The second-order valence-electron chi connectivity index (χ2n) is 8.95. The van der Waals surface area contributed by atoms with Gasteiger partial charge in [-0.25, -0.2) is 8.42 Å². The fourth-order valence-electron chi connectivity index (χ4n) is 4.86. The molecular formula is C26H29NO5S2. The molecule has 1 aliphatic carbocycles. The first-order chi connectivity index (χ1) is 16.1. The maximum absolute atomic E-state index is 13.9. The van der Waals surface area contributed by atoms with Crippen LogP contribution in [0.2, 0.25) is 0 Å². The zero-order valence-corrected chi connectivity index (χ0v) is 21.4. The molecule has 0 saturated heterocycles. The average molecular weight is 500 g/mol. The fourth-order valence-corrected chi connectivity index (χ4v) is 7.88. The monoisotopic (exact) mass is 499 g/mol. The zero-order valence-electron chi connectivity index (χ0n) is 19.8. The van der Waals surface area contributed by atoms with Crippen LogP contribution in [0, 0.1) is 26.7 Å². The van der Waals surface area contributed by atoms with Gasteiger partial charge in [0.25, 0.3) is 0 Å². The van der Waals surface area contributed by atoms with Gasteiger partial charge in [0.15, 0.2) is 15.6 Å². The van der Waals surface area contributed by atoms with Gasteiger partial charge in [0.1, 0.15) is 5.78 Å². The van der Waals surface area contributed by atoms with Gasteiger partial charge in [-0.3, -0.25) is 19.9 Å². The molecule has 2 aliphatic rings. The van der Waals surface area contributed by atoms with Gasteiger partial charge in [0.05, 0.1) is 29.4 Å². The third kappa shape index (κ3) is 4.59. The first-order valence-corrected chi connectivity index (χ1v) is 13.8. The number of hydrogen-bond acceptors (Lipinski definition) is 7. The molecule has 2 aromatic rings. The Morgan fingerprint density at radius 3 is 2.53 bits per heavy atom. The highest BCUT2D eigenvalue weighted by Crippen LogP contribution is 2.40. The number of ketones is 2. The second kappa shape index (κ2) is 9.68. The number of Topliss-reactive ketones (excluding diaryl/α,β-unsaturated/α-hetero) is 2. The van der Waals surface area contributed by atoms with Crippen LogP contribution in [-0.4, -0.2) is 38.1 Å². The second-order valence-corrected chi connectivity index (χ2v) is 12.2. The van der Waals surface area contributed by atoms with Crippen molar-refractivity contribution in [2.24, 2.45) is 5.92 Å². The van der Waals surface area contributed by atoms with Gasteiger partial charge in [-0.1, -0.05) is 17.7 Å². The Balaban J connectivity index is 1.77. The molecule has 0 spiro atoms. The molecule has 0 bridgehead atoms. The molecule has 1 aliphatic heterocycles. The van der Waals surface area contributed by atoms with Gasteiger partial charge in [-0.05, 0) is 69.0 Å². The number of thioether (sulfide) groups is 1. The Morgan fingerprint density at radius 2 is 1.85 bits per heavy atom. The quantitative estimate of drug-likeness (QED) is 0.353. The number of hydroxylamine groups is 1. The molecule has 4 rings (SSSR count). The van der Waals surface area contributed by atoms with E-state index in [1.54, 1.807) is 37.8 Å². The normalized spacial score (nSPS) is 21.5. The standard InChI is InChI=1S/C26H29NO5S2/c1-15-8-10-18(11-9-15)33-22-7-5-6-21(28)24(22)25(29)19-14-16(2)26-23(17(19)3)20(27-32-4)12-13-34(26,30)31/h8-12,14,22,24,27H,5-7,13H2,1-4H3. The van der Waals surface area contributed by atoms with Crippen molar-refractivity contribution < 1.29 is 22.8 Å². The number of fused-ring (bicyclic) bond motifs is 1. The summed E-state index contributed by atoms with van der Waals surface area (Å²) in [5.41, 5.74) is 6.32. The number of nitrogens with one attached hydrogen (secondary N) is 1. The third-order valence-corrected chi connectivity index (χ3v) is 9.62. The molecule has 180 valence electrons. The summed E-state index contributed by atoms with van der Waals surface area (Å²) < 4.78 is 25.7. The van der Waals surface area contributed by atoms with Crippen molar-refractivity contribution in [1.82, 2.24) is 5.48 Å². The van der Waals surface area contributed by atoms with E-state index in [0.717, 1.165) is 23.3 Å². The Morgan fingerprint density at radius 1 is 1.15 bits per heavy atom. The molecule has 6 nitrogen and oxygen atoms in total. The summed E-state index contributed by atoms with van der Waals surface area (Å²) in [7, 11) is -2.08. The summed E-state index contributed by atoms with van der Waals surface area (Å²) >= 11 is 1.57. The topological polar surface area (TPSA) is 89.5 Å². The first-order valence-electron chi connectivity index (χ1n) is 11.3. The molecule has 0 aromatic heterocycles. The lowest BCUT2D eigenvalue weighted by Crippen LogP contribution is -2.37. The van der Waals surface area contributed by atoms with Crippen LogP contribution in [0.15, 0.2) is 46.2 Å². The molecule has 1 saturated carbocycles. The minimum atomic E-state index is -3.53. The van der Waals surface area contributed by atoms with E-state index in [1.807, 2.05) is 31.2 Å². The van der Waals surface area contributed by atoms with Crippen LogP contribution in [0.5, 0.6) is 0 Å². The van der Waals surface area contributed by atoms with Gasteiger partial charge in [0.2, 0.25) is 0 Å². The van der Waals surface area contributed by atoms with Crippen LogP contribution >= 0.6 is 11.8 Å². The number of carbonyl (C=O) groups is 2. The van der Waals surface area contributed by atoms with Crippen molar-refractivity contribution in [2.45, 2.75) is 55.1 Å². The van der Waals surface area contributed by atoms with E-state index in [9.17, 15) is 18.0 Å². The number of hydrogen-bond donors (Lipinski definition) is 1. The number of aryl methyl sites for hydroxylation is 2. The predicted molar refractivity (Wildman–Crippen MR) is 134 cm³/mol. The number of sulfone groups is 1. The molecule has 1 heterocycles. The molecule has 2 unspecified atom stereocenters. The van der Waals surface area contributed by atoms with E-state index in [4.69, 9.17) is 4.84 Å². The Kier molecular flexibility index (Phi) is 7.03. The van der Waals surface area contributed by atoms with Crippen molar-refractivity contribution in [1.29, 1.82) is 0 Å². The Bertz CT molecular complexity index is 1280. The molecule has 34 heavy (non-hydrogen) atoms. The van der Waals surface area contributed by atoms with Crippen LogP contribution < -0.4 is 5.48 Å². The van der Waals surface area contributed by atoms with Crippen molar-refractivity contribution in [3.05, 3.63) is 64.2 Å². The van der Waals surface area contributed by atoms with Gasteiger partial charge >= 0.3 is 0 Å². The summed E-state index contributed by atoms with van der Waals surface area (Å²) in [5.74, 6) is -1.19. The van der Waals surface area contributed by atoms with E-state index in [-0.39, 0.29) is 27.5 Å². The smallest absolute Gasteiger partial charge is 0.182 e. The van der Waals surface area contributed by atoms with E-state index < -0.39 is 15.8 Å². The maximum Gasteiger partial charge on any atom is 0.182 e. The fraction of sp³-hybridized carbons (Fsp3) is 0.385. The summed E-state index contributed by atoms with van der Waals surface area (Å²) in [4.78, 5) is 33.3. The Labute approximate surface area is 205 Å². The molecule has 0 radical (unpaired) electrons. The maximum atomic E-state index is 13.9. The number of benzene rings is 2. The molecule has 1 N–H and O–H groups in total. The zero-order chi connectivity index (χ0) is 24.6. The predicted octanol–water partition coefficient (Wildman–Crippen LogP) is 4.60. The van der Waals surface area contributed by atoms with E-state index in [1.165, 1.54) is 7.11 Å². The van der Waals surface area contributed by atoms with E-state index in [0.29, 0.717) is 34.4 Å². The lowest BCUT2D eigenvalue weighted by molar-refractivity contribution is -0.122. The molecule has 8 heteroatoms. The first kappa shape index (κ1) is 24.7. The number of rotatable bonds is 6. The van der Waals surface area contributed by atoms with Crippen LogP contribution in [0.25, 0.3) is 5.70 Å². The molecule has 0 amide bonds. The Hall–Kier alpha value is -2.42. The highest BCUT2D eigenvalue weighted by molar-refractivity contribution is 8.00. The largest absolute Gasteiger partial charge is 0.299 e. The van der Waals surface area contributed by atoms with Crippen molar-refractivity contribution in [3.8, 4) is 0 Å². The van der Waals surface area contributed by atoms with Crippen LogP contribution in [-0.2, 0) is 19.5 Å². The van der Waals surface area contributed by atoms with Crippen LogP contribution in [0.4, 0.5) is 0 Å². The molecule has 1 fully saturated rings. The van der Waals surface area contributed by atoms with E-state index >= 15 is 0 Å². The molecule has 2 atom stereocenters. The summed E-state index contributed by atoms with van der Waals surface area (Å²) in [5, 5.41) is -0.164. The SMILES string of the molecule is CONC1=CCS(=O)(=O)c2c(C)cc(C(=O)C3C(=O)CCCC3Sc3ccc(C)cc3)c(C)c21. The number of carbonyl (C=O) groups excluding carboxylic acids is 2. The van der Waals surface area contributed by atoms with Crippen LogP contribution in [0.3, 0.4) is 0 Å². The highest BCUT2D eigenvalue weighted by Gasteiger charge is 2.40. The molecular weight excluding hydrogens is 470 g/mol. The summed E-state index contributed by atoms with van der Waals surface area (Å²) in [6, 6.07) is 9.73. The van der Waals surface area contributed by atoms with Crippen molar-refractivity contribution >= 4 is 38.9 Å². The highest BCUT2D eigenvalue weighted by atomic mass is 32.2. The minimum absolute atomic E-state index is 0.0472. The molecule has 2 aromatic carbocycles. The van der Waals surface area contributed by atoms with Gasteiger partial charge in [0, 0.05) is 27.7 Å². The van der Waals surface area contributed by atoms with E-state index in [2.05, 4.69) is 5.48 Å². The van der Waals surface area contributed by atoms with Gasteiger partial charge < -0.3 is 0 Å². The minimum Gasteiger partial charge on any atom is -0.299 e. The lowest BCUT2D eigenvalue weighted by atomic mass is 9.80. The summed E-state index contributed by atoms with van der Waals surface area (Å²) in [6.45, 7) is 5.46. The van der Waals surface area contributed by atoms with Gasteiger partial charge in [-0.15, -0.1) is 11.8 Å². The lowest BCUT2D eigenvalue weighted by Gasteiger charge is -2.30. The average Bonchev–Trinajstić information content (AvgIpc) is 2.78. The van der Waals surface area contributed by atoms with Gasteiger partial charge in [-0.2, -0.15) is 0 Å². The van der Waals surface area contributed by atoms with Crippen molar-refractivity contribution in [3.63, 3.8) is 0 Å².